The van der Waals surface area contributed by atoms with E-state index in [1.54, 1.807) is 0 Å². The first kappa shape index (κ1) is 9.53. The van der Waals surface area contributed by atoms with E-state index in [1.807, 2.05) is 13.0 Å². The van der Waals surface area contributed by atoms with Gasteiger partial charge in [-0.3, -0.25) is 0 Å². The Kier molecular flexibility index (Phi) is 2.46. The zero-order valence-corrected chi connectivity index (χ0v) is 8.80. The highest BCUT2D eigenvalue weighted by molar-refractivity contribution is 5.43. The van der Waals surface area contributed by atoms with Crippen LogP contribution >= 0.6 is 0 Å². The molecular weight excluding hydrogens is 174 g/mol. The summed E-state index contributed by atoms with van der Waals surface area (Å²) in [6, 6.07) is 4.01. The van der Waals surface area contributed by atoms with Gasteiger partial charge in [-0.1, -0.05) is 6.07 Å². The maximum absolute atomic E-state index is 9.85. The van der Waals surface area contributed by atoms with Gasteiger partial charge in [0.15, 0.2) is 0 Å². The van der Waals surface area contributed by atoms with Gasteiger partial charge in [0.25, 0.3) is 0 Å². The van der Waals surface area contributed by atoms with Crippen molar-refractivity contribution < 1.29 is 5.11 Å². The van der Waals surface area contributed by atoms with E-state index in [-0.39, 0.29) is 0 Å². The Balaban J connectivity index is 2.37. The van der Waals surface area contributed by atoms with Gasteiger partial charge >= 0.3 is 0 Å². The van der Waals surface area contributed by atoms with Gasteiger partial charge in [0.2, 0.25) is 0 Å². The van der Waals surface area contributed by atoms with Crippen LogP contribution in [0.25, 0.3) is 0 Å². The number of phenols is 1. The number of aromatic hydroxyl groups is 1. The van der Waals surface area contributed by atoms with Crippen molar-refractivity contribution in [3.05, 3.63) is 28.8 Å². The number of rotatable bonds is 1. The highest BCUT2D eigenvalue weighted by atomic mass is 16.3. The summed E-state index contributed by atoms with van der Waals surface area (Å²) in [6.45, 7) is 6.19. The molecule has 0 radical (unpaired) electrons. The zero-order valence-electron chi connectivity index (χ0n) is 8.80. The molecule has 1 heterocycles. The highest BCUT2D eigenvalue weighted by Crippen LogP contribution is 2.31. The smallest absolute Gasteiger partial charge is 0.119 e. The van der Waals surface area contributed by atoms with Crippen LogP contribution in [0.1, 0.15) is 29.0 Å². The van der Waals surface area contributed by atoms with E-state index < -0.39 is 0 Å². The number of hydrogen-bond donors (Lipinski definition) is 2. The minimum Gasteiger partial charge on any atom is -0.508 e. The molecule has 0 aliphatic carbocycles. The third-order valence-corrected chi connectivity index (χ3v) is 3.14. The SMILES string of the molecule is Cc1cc(O)c(C2CCNC2)cc1C. The summed E-state index contributed by atoms with van der Waals surface area (Å²) in [7, 11) is 0. The summed E-state index contributed by atoms with van der Waals surface area (Å²) in [5, 5.41) is 13.2. The molecule has 1 saturated heterocycles. The first-order chi connectivity index (χ1) is 6.68. The van der Waals surface area contributed by atoms with E-state index in [9.17, 15) is 5.11 Å². The maximum Gasteiger partial charge on any atom is 0.119 e. The van der Waals surface area contributed by atoms with E-state index >= 15 is 0 Å². The summed E-state index contributed by atoms with van der Waals surface area (Å²) in [5.74, 6) is 0.955. The van der Waals surface area contributed by atoms with Gasteiger partial charge in [-0.25, -0.2) is 0 Å². The molecular formula is C12H17NO. The van der Waals surface area contributed by atoms with Gasteiger partial charge in [-0.05, 0) is 49.6 Å². The van der Waals surface area contributed by atoms with Crippen LogP contribution in [0.2, 0.25) is 0 Å². The van der Waals surface area contributed by atoms with Crippen LogP contribution < -0.4 is 5.32 Å². The third-order valence-electron chi connectivity index (χ3n) is 3.14. The molecule has 2 heteroatoms. The quantitative estimate of drug-likeness (QED) is 0.712. The van der Waals surface area contributed by atoms with Crippen LogP contribution in [0, 0.1) is 13.8 Å². The van der Waals surface area contributed by atoms with E-state index in [0.717, 1.165) is 30.6 Å². The normalized spacial score (nSPS) is 21.4. The number of nitrogens with one attached hydrogen (secondary N) is 1. The summed E-state index contributed by atoms with van der Waals surface area (Å²) in [4.78, 5) is 0. The van der Waals surface area contributed by atoms with Crippen molar-refractivity contribution in [3.63, 3.8) is 0 Å². The Morgan fingerprint density at radius 2 is 2.00 bits per heavy atom. The monoisotopic (exact) mass is 191 g/mol. The second kappa shape index (κ2) is 3.62. The Labute approximate surface area is 85.0 Å². The summed E-state index contributed by atoms with van der Waals surface area (Å²) in [5.41, 5.74) is 3.54. The zero-order chi connectivity index (χ0) is 10.1. The highest BCUT2D eigenvalue weighted by Gasteiger charge is 2.19. The van der Waals surface area contributed by atoms with Gasteiger partial charge in [0.1, 0.15) is 5.75 Å². The lowest BCUT2D eigenvalue weighted by Gasteiger charge is -2.13. The molecule has 1 unspecified atom stereocenters. The van der Waals surface area contributed by atoms with E-state index in [4.69, 9.17) is 0 Å². The van der Waals surface area contributed by atoms with Crippen LogP contribution in [-0.4, -0.2) is 18.2 Å². The van der Waals surface area contributed by atoms with Crippen LogP contribution in [-0.2, 0) is 0 Å². The molecule has 1 atom stereocenters. The number of phenolic OH excluding ortho intramolecular Hbond substituents is 1. The Bertz CT molecular complexity index is 340. The molecule has 76 valence electrons. The first-order valence-corrected chi connectivity index (χ1v) is 5.19. The van der Waals surface area contributed by atoms with Gasteiger partial charge in [0.05, 0.1) is 0 Å². The molecule has 0 saturated carbocycles. The maximum atomic E-state index is 9.85. The predicted octanol–water partition coefficient (Wildman–Crippen LogP) is 2.09. The molecule has 1 aliphatic rings. The molecule has 1 aliphatic heterocycles. The van der Waals surface area contributed by atoms with Crippen molar-refractivity contribution in [2.75, 3.05) is 13.1 Å². The van der Waals surface area contributed by atoms with E-state index in [0.29, 0.717) is 11.7 Å². The third kappa shape index (κ3) is 1.62. The standard InChI is InChI=1S/C12H17NO/c1-8-5-11(10-3-4-13-7-10)12(14)6-9(8)2/h5-6,10,13-14H,3-4,7H2,1-2H3. The fraction of sp³-hybridized carbons (Fsp3) is 0.500. The average molecular weight is 191 g/mol. The molecule has 0 amide bonds. The molecule has 2 N–H and O–H groups in total. The predicted molar refractivity (Wildman–Crippen MR) is 57.8 cm³/mol. The van der Waals surface area contributed by atoms with Crippen LogP contribution in [0.5, 0.6) is 5.75 Å². The average Bonchev–Trinajstić information content (AvgIpc) is 2.64. The Morgan fingerprint density at radius 1 is 1.29 bits per heavy atom. The number of aryl methyl sites for hydroxylation is 2. The number of benzene rings is 1. The van der Waals surface area contributed by atoms with Crippen LogP contribution in [0.4, 0.5) is 0 Å². The lowest BCUT2D eigenvalue weighted by atomic mass is 9.94. The van der Waals surface area contributed by atoms with Gasteiger partial charge in [-0.2, -0.15) is 0 Å². The second-order valence-corrected chi connectivity index (χ2v) is 4.19. The molecule has 2 nitrogen and oxygen atoms in total. The first-order valence-electron chi connectivity index (χ1n) is 5.19. The van der Waals surface area contributed by atoms with Crippen molar-refractivity contribution in [1.29, 1.82) is 0 Å². The number of hydrogen-bond acceptors (Lipinski definition) is 2. The lowest BCUT2D eigenvalue weighted by molar-refractivity contribution is 0.462. The molecule has 1 aromatic carbocycles. The molecule has 0 bridgehead atoms. The largest absolute Gasteiger partial charge is 0.508 e. The second-order valence-electron chi connectivity index (χ2n) is 4.19. The molecule has 0 aromatic heterocycles. The fourth-order valence-electron chi connectivity index (χ4n) is 2.07. The summed E-state index contributed by atoms with van der Waals surface area (Å²) in [6.07, 6.45) is 1.13. The van der Waals surface area contributed by atoms with Crippen molar-refractivity contribution in [2.24, 2.45) is 0 Å². The summed E-state index contributed by atoms with van der Waals surface area (Å²) < 4.78 is 0. The van der Waals surface area contributed by atoms with Gasteiger partial charge in [-0.15, -0.1) is 0 Å². The van der Waals surface area contributed by atoms with Crippen LogP contribution in [0.15, 0.2) is 12.1 Å². The van der Waals surface area contributed by atoms with Crippen molar-refractivity contribution in [1.82, 2.24) is 5.32 Å². The van der Waals surface area contributed by atoms with Crippen LogP contribution in [0.3, 0.4) is 0 Å². The van der Waals surface area contributed by atoms with E-state index in [1.165, 1.54) is 5.56 Å². The van der Waals surface area contributed by atoms with Crippen molar-refractivity contribution >= 4 is 0 Å². The molecule has 1 fully saturated rings. The van der Waals surface area contributed by atoms with E-state index in [2.05, 4.69) is 18.3 Å². The molecule has 14 heavy (non-hydrogen) atoms. The van der Waals surface area contributed by atoms with Crippen molar-refractivity contribution in [2.45, 2.75) is 26.2 Å². The molecule has 0 spiro atoms. The lowest BCUT2D eigenvalue weighted by Crippen LogP contribution is -2.08. The topological polar surface area (TPSA) is 32.3 Å². The van der Waals surface area contributed by atoms with Crippen molar-refractivity contribution in [3.8, 4) is 5.75 Å². The fourth-order valence-corrected chi connectivity index (χ4v) is 2.07. The Hall–Kier alpha value is -1.02. The van der Waals surface area contributed by atoms with Gasteiger partial charge in [0, 0.05) is 12.5 Å². The molecule has 1 aromatic rings. The van der Waals surface area contributed by atoms with Gasteiger partial charge < -0.3 is 10.4 Å². The summed E-state index contributed by atoms with van der Waals surface area (Å²) >= 11 is 0. The minimum absolute atomic E-state index is 0.460. The Morgan fingerprint density at radius 3 is 2.64 bits per heavy atom. The molecule has 2 rings (SSSR count). The minimum atomic E-state index is 0.460.